The van der Waals surface area contributed by atoms with Gasteiger partial charge in [0.2, 0.25) is 5.91 Å². The van der Waals surface area contributed by atoms with E-state index in [0.29, 0.717) is 32.2 Å². The van der Waals surface area contributed by atoms with Crippen LogP contribution in [-0.2, 0) is 9.53 Å². The minimum atomic E-state index is -0.183. The molecule has 5 nitrogen and oxygen atoms in total. The van der Waals surface area contributed by atoms with Gasteiger partial charge in [0.15, 0.2) is 0 Å². The smallest absolute Gasteiger partial charge is 0.247 e. The lowest BCUT2D eigenvalue weighted by molar-refractivity contribution is -0.177. The number of rotatable bonds is 6. The van der Waals surface area contributed by atoms with Crippen molar-refractivity contribution in [1.82, 2.24) is 9.96 Å². The highest BCUT2D eigenvalue weighted by molar-refractivity contribution is 5.74. The molecule has 5 heteroatoms. The zero-order valence-electron chi connectivity index (χ0n) is 10.9. The Morgan fingerprint density at radius 2 is 2.06 bits per heavy atom. The lowest BCUT2D eigenvalue weighted by Gasteiger charge is -2.29. The molecule has 100 valence electrons. The van der Waals surface area contributed by atoms with E-state index in [0.717, 1.165) is 31.0 Å². The van der Waals surface area contributed by atoms with E-state index in [2.05, 4.69) is 13.8 Å². The summed E-state index contributed by atoms with van der Waals surface area (Å²) in [5.74, 6) is 0.423. The molecule has 0 aromatic heterocycles. The largest absolute Gasteiger partial charge is 0.379 e. The van der Waals surface area contributed by atoms with E-state index < -0.39 is 0 Å². The quantitative estimate of drug-likeness (QED) is 0.565. The van der Waals surface area contributed by atoms with E-state index in [1.165, 1.54) is 0 Å². The molecule has 0 unspecified atom stereocenters. The van der Waals surface area contributed by atoms with Crippen LogP contribution in [0.5, 0.6) is 0 Å². The Morgan fingerprint density at radius 1 is 1.41 bits per heavy atom. The van der Waals surface area contributed by atoms with Gasteiger partial charge in [-0.2, -0.15) is 0 Å². The van der Waals surface area contributed by atoms with Crippen molar-refractivity contribution in [1.29, 1.82) is 0 Å². The molecular weight excluding hydrogens is 220 g/mol. The van der Waals surface area contributed by atoms with Crippen molar-refractivity contribution in [2.45, 2.75) is 33.1 Å². The fourth-order valence-electron chi connectivity index (χ4n) is 1.80. The molecule has 1 aliphatic heterocycles. The van der Waals surface area contributed by atoms with Crippen LogP contribution < -0.4 is 0 Å². The van der Waals surface area contributed by atoms with Crippen LogP contribution in [0.4, 0.5) is 0 Å². The van der Waals surface area contributed by atoms with Crippen molar-refractivity contribution in [3.05, 3.63) is 0 Å². The summed E-state index contributed by atoms with van der Waals surface area (Å²) in [4.78, 5) is 13.6. The molecule has 0 radical (unpaired) electrons. The average molecular weight is 244 g/mol. The highest BCUT2D eigenvalue weighted by atomic mass is 16.5. The maximum Gasteiger partial charge on any atom is 0.247 e. The number of hydroxylamine groups is 2. The standard InChI is InChI=1S/C12H24N2O3/c1-11(2)4-3-5-12(15)14(16)10-13-6-8-17-9-7-13/h11,16H,3-10H2,1-2H3. The van der Waals surface area contributed by atoms with Gasteiger partial charge in [-0.25, -0.2) is 5.06 Å². The number of nitrogens with zero attached hydrogens (tertiary/aromatic N) is 2. The number of carbonyl (C=O) groups is 1. The van der Waals surface area contributed by atoms with Crippen molar-refractivity contribution in [2.75, 3.05) is 33.0 Å². The molecule has 0 atom stereocenters. The van der Waals surface area contributed by atoms with Crippen LogP contribution in [0.1, 0.15) is 33.1 Å². The van der Waals surface area contributed by atoms with Crippen LogP contribution in [-0.4, -0.2) is 54.0 Å². The van der Waals surface area contributed by atoms with Gasteiger partial charge < -0.3 is 4.74 Å². The molecule has 1 aliphatic rings. The molecule has 1 saturated heterocycles. The Morgan fingerprint density at radius 3 is 2.65 bits per heavy atom. The Bertz CT molecular complexity index is 228. The second kappa shape index (κ2) is 7.63. The molecule has 17 heavy (non-hydrogen) atoms. The molecule has 1 rings (SSSR count). The molecule has 0 spiro atoms. The number of hydrogen-bond acceptors (Lipinski definition) is 4. The number of ether oxygens (including phenoxy) is 1. The molecule has 0 aliphatic carbocycles. The van der Waals surface area contributed by atoms with Crippen LogP contribution in [0.25, 0.3) is 0 Å². The summed E-state index contributed by atoms with van der Waals surface area (Å²) in [7, 11) is 0. The minimum Gasteiger partial charge on any atom is -0.379 e. The van der Waals surface area contributed by atoms with Gasteiger partial charge in [0.05, 0.1) is 13.2 Å². The lowest BCUT2D eigenvalue weighted by Crippen LogP contribution is -2.44. The summed E-state index contributed by atoms with van der Waals surface area (Å²) in [6.45, 7) is 7.46. The van der Waals surface area contributed by atoms with Gasteiger partial charge in [0, 0.05) is 19.5 Å². The fourth-order valence-corrected chi connectivity index (χ4v) is 1.80. The lowest BCUT2D eigenvalue weighted by atomic mass is 10.1. The first-order chi connectivity index (χ1) is 8.09. The monoisotopic (exact) mass is 244 g/mol. The molecule has 0 bridgehead atoms. The minimum absolute atomic E-state index is 0.183. The van der Waals surface area contributed by atoms with Crippen LogP contribution in [0.3, 0.4) is 0 Å². The van der Waals surface area contributed by atoms with E-state index in [4.69, 9.17) is 4.74 Å². The van der Waals surface area contributed by atoms with E-state index in [9.17, 15) is 10.0 Å². The highest BCUT2D eigenvalue weighted by Crippen LogP contribution is 2.08. The number of hydrogen-bond donors (Lipinski definition) is 1. The van der Waals surface area contributed by atoms with Crippen molar-refractivity contribution in [3.8, 4) is 0 Å². The van der Waals surface area contributed by atoms with E-state index >= 15 is 0 Å². The third-order valence-electron chi connectivity index (χ3n) is 2.90. The van der Waals surface area contributed by atoms with Crippen LogP contribution >= 0.6 is 0 Å². The van der Waals surface area contributed by atoms with E-state index in [-0.39, 0.29) is 5.91 Å². The van der Waals surface area contributed by atoms with Gasteiger partial charge in [-0.3, -0.25) is 14.9 Å². The van der Waals surface area contributed by atoms with Crippen LogP contribution in [0.15, 0.2) is 0 Å². The molecule has 1 fully saturated rings. The average Bonchev–Trinajstić information content (AvgIpc) is 2.29. The summed E-state index contributed by atoms with van der Waals surface area (Å²) >= 11 is 0. The molecule has 0 aromatic rings. The van der Waals surface area contributed by atoms with Crippen molar-refractivity contribution >= 4 is 5.91 Å². The second-order valence-electron chi connectivity index (χ2n) is 4.95. The maximum absolute atomic E-state index is 11.6. The highest BCUT2D eigenvalue weighted by Gasteiger charge is 2.17. The third-order valence-corrected chi connectivity index (χ3v) is 2.90. The van der Waals surface area contributed by atoms with Crippen LogP contribution in [0, 0.1) is 5.92 Å². The number of carbonyl (C=O) groups excluding carboxylic acids is 1. The first kappa shape index (κ1) is 14.4. The normalized spacial score (nSPS) is 17.4. The zero-order valence-corrected chi connectivity index (χ0v) is 10.9. The van der Waals surface area contributed by atoms with Gasteiger partial charge in [-0.05, 0) is 12.3 Å². The third kappa shape index (κ3) is 6.00. The summed E-state index contributed by atoms with van der Waals surface area (Å²) in [5, 5.41) is 10.5. The molecular formula is C12H24N2O3. The van der Waals surface area contributed by atoms with Gasteiger partial charge in [-0.1, -0.05) is 20.3 Å². The SMILES string of the molecule is CC(C)CCCC(=O)N(O)CN1CCOCC1. The van der Waals surface area contributed by atoms with Crippen molar-refractivity contribution in [3.63, 3.8) is 0 Å². The summed E-state index contributed by atoms with van der Waals surface area (Å²) < 4.78 is 5.21. The first-order valence-corrected chi connectivity index (χ1v) is 6.39. The van der Waals surface area contributed by atoms with Gasteiger partial charge in [0.1, 0.15) is 6.67 Å². The first-order valence-electron chi connectivity index (χ1n) is 6.39. The molecule has 1 heterocycles. The second-order valence-corrected chi connectivity index (χ2v) is 4.95. The number of amides is 1. The molecule has 1 amide bonds. The van der Waals surface area contributed by atoms with E-state index in [1.807, 2.05) is 4.90 Å². The predicted molar refractivity (Wildman–Crippen MR) is 64.6 cm³/mol. The molecule has 0 saturated carbocycles. The van der Waals surface area contributed by atoms with Crippen molar-refractivity contribution < 1.29 is 14.7 Å². The number of morpholine rings is 1. The van der Waals surface area contributed by atoms with Gasteiger partial charge in [0.25, 0.3) is 0 Å². The van der Waals surface area contributed by atoms with Gasteiger partial charge in [-0.15, -0.1) is 0 Å². The summed E-state index contributed by atoms with van der Waals surface area (Å²) in [5.41, 5.74) is 0. The molecule has 1 N–H and O–H groups in total. The van der Waals surface area contributed by atoms with Crippen molar-refractivity contribution in [2.24, 2.45) is 5.92 Å². The zero-order chi connectivity index (χ0) is 12.7. The predicted octanol–water partition coefficient (Wildman–Crippen LogP) is 1.32. The maximum atomic E-state index is 11.6. The van der Waals surface area contributed by atoms with E-state index in [1.54, 1.807) is 0 Å². The topological polar surface area (TPSA) is 53.0 Å². The Hall–Kier alpha value is -0.650. The Balaban J connectivity index is 2.16. The summed E-state index contributed by atoms with van der Waals surface area (Å²) in [6, 6.07) is 0. The Labute approximate surface area is 103 Å². The van der Waals surface area contributed by atoms with Crippen LogP contribution in [0.2, 0.25) is 0 Å². The molecule has 0 aromatic carbocycles. The van der Waals surface area contributed by atoms with Gasteiger partial charge >= 0.3 is 0 Å². The fraction of sp³-hybridized carbons (Fsp3) is 0.917. The summed E-state index contributed by atoms with van der Waals surface area (Å²) in [6.07, 6.45) is 2.30. The Kier molecular flexibility index (Phi) is 6.47.